The number of aromatic nitrogens is 2. The van der Waals surface area contributed by atoms with Gasteiger partial charge in [-0.2, -0.15) is 0 Å². The van der Waals surface area contributed by atoms with Gasteiger partial charge in [-0.15, -0.1) is 11.3 Å². The van der Waals surface area contributed by atoms with Crippen LogP contribution in [0.2, 0.25) is 10.0 Å². The predicted molar refractivity (Wildman–Crippen MR) is 120 cm³/mol. The molecule has 3 aromatic rings. The summed E-state index contributed by atoms with van der Waals surface area (Å²) in [6.45, 7) is 0.535. The Bertz CT molecular complexity index is 1260. The number of amides is 2. The van der Waals surface area contributed by atoms with Crippen molar-refractivity contribution in [3.8, 4) is 0 Å². The quantitative estimate of drug-likeness (QED) is 0.356. The van der Waals surface area contributed by atoms with Gasteiger partial charge in [0, 0.05) is 29.0 Å². The number of fused-ring (bicyclic) bond motifs is 1. The summed E-state index contributed by atoms with van der Waals surface area (Å²) >= 11 is 13.4. The maximum Gasteiger partial charge on any atom is 0.294 e. The first-order valence-corrected chi connectivity index (χ1v) is 11.0. The minimum atomic E-state index is -0.858. The van der Waals surface area contributed by atoms with Crippen molar-refractivity contribution in [2.24, 2.45) is 0 Å². The van der Waals surface area contributed by atoms with Crippen molar-refractivity contribution < 1.29 is 18.8 Å². The van der Waals surface area contributed by atoms with E-state index >= 15 is 0 Å². The number of nitrogen functional groups attached to an aromatic ring is 1. The lowest BCUT2D eigenvalue weighted by atomic mass is 10.1. The fourth-order valence-electron chi connectivity index (χ4n) is 3.52. The maximum absolute atomic E-state index is 13.4. The first kappa shape index (κ1) is 22.3. The lowest BCUT2D eigenvalue weighted by molar-refractivity contribution is -0.117. The summed E-state index contributed by atoms with van der Waals surface area (Å²) in [4.78, 5) is 42.9. The van der Waals surface area contributed by atoms with Crippen LogP contribution in [0.15, 0.2) is 24.4 Å². The van der Waals surface area contributed by atoms with Gasteiger partial charge in [-0.1, -0.05) is 23.2 Å². The summed E-state index contributed by atoms with van der Waals surface area (Å²) in [5.41, 5.74) is 6.46. The molecule has 0 unspecified atom stereocenters. The number of hydrogen-bond acceptors (Lipinski definition) is 6. The molecule has 0 bridgehead atoms. The Morgan fingerprint density at radius 2 is 2.06 bits per heavy atom. The standard InChI is InChI=1S/C20H16Cl2FN5O3S/c21-11-6-9(3-4-12(11)23)27-18(30)14-13-2-1-5-28(13)16(15(14)22)17(29)19(31)25-7-10-8-26-20(24)32-10/h3-4,6,8H,1-2,5,7H2,(H2,24,26)(H,25,31)(H,27,30). The average molecular weight is 496 g/mol. The van der Waals surface area contributed by atoms with Crippen LogP contribution in [0.1, 0.15) is 37.8 Å². The number of carbonyl (C=O) groups is 3. The molecule has 0 saturated heterocycles. The van der Waals surface area contributed by atoms with Gasteiger partial charge in [-0.05, 0) is 31.0 Å². The summed E-state index contributed by atoms with van der Waals surface area (Å²) in [5.74, 6) is -2.90. The molecule has 0 spiro atoms. The molecule has 1 aliphatic heterocycles. The molecule has 4 N–H and O–H groups in total. The zero-order chi connectivity index (χ0) is 23.0. The number of benzene rings is 1. The van der Waals surface area contributed by atoms with Gasteiger partial charge in [0.15, 0.2) is 5.13 Å². The van der Waals surface area contributed by atoms with E-state index < -0.39 is 23.4 Å². The molecule has 0 atom stereocenters. The molecule has 166 valence electrons. The number of halogens is 3. The van der Waals surface area contributed by atoms with E-state index in [9.17, 15) is 18.8 Å². The first-order chi connectivity index (χ1) is 15.3. The van der Waals surface area contributed by atoms with E-state index in [0.29, 0.717) is 35.1 Å². The summed E-state index contributed by atoms with van der Waals surface area (Å²) in [6, 6.07) is 3.75. The molecule has 4 rings (SSSR count). The Kier molecular flexibility index (Phi) is 6.18. The van der Waals surface area contributed by atoms with Crippen molar-refractivity contribution in [3.63, 3.8) is 0 Å². The molecule has 1 aromatic carbocycles. The Balaban J connectivity index is 1.58. The molecule has 0 radical (unpaired) electrons. The van der Waals surface area contributed by atoms with Gasteiger partial charge >= 0.3 is 0 Å². The van der Waals surface area contributed by atoms with E-state index in [1.54, 1.807) is 4.57 Å². The monoisotopic (exact) mass is 495 g/mol. The number of nitrogens with one attached hydrogen (secondary N) is 2. The van der Waals surface area contributed by atoms with Crippen LogP contribution in [0.3, 0.4) is 0 Å². The number of nitrogens with zero attached hydrogens (tertiary/aromatic N) is 2. The van der Waals surface area contributed by atoms with Crippen molar-refractivity contribution in [1.82, 2.24) is 14.9 Å². The molecule has 0 fully saturated rings. The number of nitrogens with two attached hydrogens (primary N) is 1. The third-order valence-corrected chi connectivity index (χ3v) is 6.41. The van der Waals surface area contributed by atoms with Crippen molar-refractivity contribution in [1.29, 1.82) is 0 Å². The molecule has 32 heavy (non-hydrogen) atoms. The zero-order valence-electron chi connectivity index (χ0n) is 16.4. The summed E-state index contributed by atoms with van der Waals surface area (Å²) < 4.78 is 15.0. The highest BCUT2D eigenvalue weighted by atomic mass is 35.5. The van der Waals surface area contributed by atoms with E-state index in [0.717, 1.165) is 6.07 Å². The van der Waals surface area contributed by atoms with E-state index in [1.807, 2.05) is 0 Å². The van der Waals surface area contributed by atoms with Crippen molar-refractivity contribution in [3.05, 3.63) is 62.1 Å². The van der Waals surface area contributed by atoms with Gasteiger partial charge in [0.25, 0.3) is 17.6 Å². The second-order valence-electron chi connectivity index (χ2n) is 7.00. The molecular formula is C20H16Cl2FN5O3S. The number of ketones is 1. The highest BCUT2D eigenvalue weighted by Gasteiger charge is 2.34. The van der Waals surface area contributed by atoms with Gasteiger partial charge in [-0.25, -0.2) is 9.37 Å². The highest BCUT2D eigenvalue weighted by Crippen LogP contribution is 2.34. The van der Waals surface area contributed by atoms with Gasteiger partial charge in [0.2, 0.25) is 0 Å². The molecule has 8 nitrogen and oxygen atoms in total. The van der Waals surface area contributed by atoms with E-state index in [1.165, 1.54) is 29.7 Å². The van der Waals surface area contributed by atoms with E-state index in [-0.39, 0.29) is 33.5 Å². The Hall–Kier alpha value is -2.95. The number of anilines is 2. The molecule has 0 saturated carbocycles. The molecule has 2 amide bonds. The van der Waals surface area contributed by atoms with Gasteiger partial charge < -0.3 is 20.9 Å². The molecule has 0 aliphatic carbocycles. The van der Waals surface area contributed by atoms with Crippen LogP contribution in [-0.2, 0) is 24.3 Å². The van der Waals surface area contributed by atoms with Crippen molar-refractivity contribution >= 4 is 63.0 Å². The molecule has 2 aromatic heterocycles. The zero-order valence-corrected chi connectivity index (χ0v) is 18.7. The first-order valence-electron chi connectivity index (χ1n) is 9.46. The second-order valence-corrected chi connectivity index (χ2v) is 8.93. The maximum atomic E-state index is 13.4. The summed E-state index contributed by atoms with van der Waals surface area (Å²) in [6.07, 6.45) is 2.72. The second kappa shape index (κ2) is 8.89. The average Bonchev–Trinajstić information content (AvgIpc) is 3.44. The fourth-order valence-corrected chi connectivity index (χ4v) is 4.71. The van der Waals surface area contributed by atoms with Crippen LogP contribution in [0.5, 0.6) is 0 Å². The van der Waals surface area contributed by atoms with Crippen LogP contribution in [0, 0.1) is 5.82 Å². The number of carbonyl (C=O) groups excluding carboxylic acids is 3. The van der Waals surface area contributed by atoms with Crippen molar-refractivity contribution in [2.75, 3.05) is 11.1 Å². The highest BCUT2D eigenvalue weighted by molar-refractivity contribution is 7.15. The predicted octanol–water partition coefficient (Wildman–Crippen LogP) is 3.67. The Labute approximate surface area is 195 Å². The fraction of sp³-hybridized carbons (Fsp3) is 0.200. The normalized spacial score (nSPS) is 12.5. The molecule has 1 aliphatic rings. The summed E-state index contributed by atoms with van der Waals surface area (Å²) in [7, 11) is 0. The van der Waals surface area contributed by atoms with E-state index in [4.69, 9.17) is 28.9 Å². The largest absolute Gasteiger partial charge is 0.375 e. The van der Waals surface area contributed by atoms with Crippen LogP contribution in [0.4, 0.5) is 15.2 Å². The van der Waals surface area contributed by atoms with Crippen LogP contribution >= 0.6 is 34.5 Å². The lowest BCUT2D eigenvalue weighted by Gasteiger charge is -2.07. The number of hydrogen-bond donors (Lipinski definition) is 3. The van der Waals surface area contributed by atoms with Crippen LogP contribution in [-0.4, -0.2) is 27.1 Å². The molecular weight excluding hydrogens is 480 g/mol. The Morgan fingerprint density at radius 3 is 2.75 bits per heavy atom. The van der Waals surface area contributed by atoms with E-state index in [2.05, 4.69) is 15.6 Å². The molecule has 12 heteroatoms. The summed E-state index contributed by atoms with van der Waals surface area (Å²) in [5, 5.41) is 5.23. The lowest BCUT2D eigenvalue weighted by Crippen LogP contribution is -2.31. The molecule has 3 heterocycles. The van der Waals surface area contributed by atoms with Crippen LogP contribution in [0.25, 0.3) is 0 Å². The SMILES string of the molecule is Nc1ncc(CNC(=O)C(=O)c2c(Cl)c(C(=O)Nc3ccc(F)c(Cl)c3)c3n2CCC3)s1. The topological polar surface area (TPSA) is 119 Å². The van der Waals surface area contributed by atoms with Gasteiger partial charge in [-0.3, -0.25) is 14.4 Å². The number of thiazole rings is 1. The minimum Gasteiger partial charge on any atom is -0.375 e. The minimum absolute atomic E-state index is 0.0391. The van der Waals surface area contributed by atoms with Gasteiger partial charge in [0.1, 0.15) is 11.5 Å². The van der Waals surface area contributed by atoms with Gasteiger partial charge in [0.05, 0.1) is 22.2 Å². The number of rotatable bonds is 6. The van der Waals surface area contributed by atoms with Crippen molar-refractivity contribution in [2.45, 2.75) is 25.9 Å². The third kappa shape index (κ3) is 4.21. The third-order valence-electron chi connectivity index (χ3n) is 4.93. The van der Waals surface area contributed by atoms with Crippen LogP contribution < -0.4 is 16.4 Å². The Morgan fingerprint density at radius 1 is 1.28 bits per heavy atom. The smallest absolute Gasteiger partial charge is 0.294 e. The number of Topliss-reactive ketones (excluding diaryl/α,β-unsaturated/α-hetero) is 1.